The lowest BCUT2D eigenvalue weighted by Gasteiger charge is -2.07. The van der Waals surface area contributed by atoms with Crippen molar-refractivity contribution in [2.75, 3.05) is 0 Å². The van der Waals surface area contributed by atoms with Gasteiger partial charge in [-0.2, -0.15) is 0 Å². The lowest BCUT2D eigenvalue weighted by molar-refractivity contribution is -0.129. The largest absolute Gasteiger partial charge is 0.466 e. The average Bonchev–Trinajstić information content (AvgIpc) is 3.07. The summed E-state index contributed by atoms with van der Waals surface area (Å²) in [4.78, 5) is 17.0. The number of ether oxygens (including phenoxy) is 1. The summed E-state index contributed by atoms with van der Waals surface area (Å²) in [5, 5.41) is 0.494. The first-order chi connectivity index (χ1) is 12.3. The molecule has 1 aromatic carbocycles. The molecule has 0 N–H and O–H groups in total. The highest BCUT2D eigenvalue weighted by Crippen LogP contribution is 2.36. The average molecular weight is 370 g/mol. The van der Waals surface area contributed by atoms with Crippen LogP contribution in [0.25, 0.3) is 5.57 Å². The fourth-order valence-electron chi connectivity index (χ4n) is 3.07. The number of benzene rings is 1. The van der Waals surface area contributed by atoms with Gasteiger partial charge in [0, 0.05) is 5.56 Å². The minimum Gasteiger partial charge on any atom is -0.466 e. The highest BCUT2D eigenvalue weighted by molar-refractivity contribution is 6.33. The fraction of sp³-hybridized carbons (Fsp3) is 0.238. The fourth-order valence-corrected chi connectivity index (χ4v) is 3.25. The minimum absolute atomic E-state index is 0.259. The Balaban J connectivity index is 2.27. The Labute approximate surface area is 157 Å². The van der Waals surface area contributed by atoms with Crippen LogP contribution in [0.15, 0.2) is 56.5 Å². The van der Waals surface area contributed by atoms with E-state index in [0.717, 1.165) is 28.2 Å². The third kappa shape index (κ3) is 3.25. The van der Waals surface area contributed by atoms with E-state index in [4.69, 9.17) is 20.8 Å². The number of carbonyl (C=O) groups excluding carboxylic acids is 1. The van der Waals surface area contributed by atoms with E-state index in [-0.39, 0.29) is 5.90 Å². The summed E-state index contributed by atoms with van der Waals surface area (Å²) in [7, 11) is 0. The SMILES string of the molecule is CC(C)=C1C(=O)OC(=Nc2ccccc2Cl)C1=C(C)c1cc(C)oc1C. The van der Waals surface area contributed by atoms with Gasteiger partial charge in [0.1, 0.15) is 11.5 Å². The predicted octanol–water partition coefficient (Wildman–Crippen LogP) is 5.95. The highest BCUT2D eigenvalue weighted by atomic mass is 35.5. The number of halogens is 1. The summed E-state index contributed by atoms with van der Waals surface area (Å²) >= 11 is 6.22. The standard InChI is InChI=1S/C21H20ClNO3/c1-11(2)18-19(13(4)15-10-12(3)25-14(15)5)20(26-21(18)24)23-17-9-7-6-8-16(17)22/h6-10H,1-5H3. The molecule has 0 spiro atoms. The minimum atomic E-state index is -0.400. The van der Waals surface area contributed by atoms with Crippen molar-refractivity contribution in [3.8, 4) is 0 Å². The maximum Gasteiger partial charge on any atom is 0.345 e. The molecule has 134 valence electrons. The maximum absolute atomic E-state index is 12.5. The van der Waals surface area contributed by atoms with Crippen molar-refractivity contribution in [1.29, 1.82) is 0 Å². The smallest absolute Gasteiger partial charge is 0.345 e. The molecule has 1 fully saturated rings. The summed E-state index contributed by atoms with van der Waals surface area (Å²) in [6.45, 7) is 9.51. The molecule has 0 unspecified atom stereocenters. The number of aryl methyl sites for hydroxylation is 2. The van der Waals surface area contributed by atoms with Gasteiger partial charge in [0.25, 0.3) is 0 Å². The zero-order chi connectivity index (χ0) is 19.0. The van der Waals surface area contributed by atoms with Gasteiger partial charge in [-0.05, 0) is 58.4 Å². The summed E-state index contributed by atoms with van der Waals surface area (Å²) in [6, 6.07) is 9.15. The van der Waals surface area contributed by atoms with Crippen LogP contribution < -0.4 is 0 Å². The molecule has 0 atom stereocenters. The molecular weight excluding hydrogens is 350 g/mol. The number of cyclic esters (lactones) is 1. The topological polar surface area (TPSA) is 51.8 Å². The summed E-state index contributed by atoms with van der Waals surface area (Å²) in [5.41, 5.74) is 4.45. The third-order valence-corrected chi connectivity index (χ3v) is 4.57. The Morgan fingerprint density at radius 2 is 1.77 bits per heavy atom. The lowest BCUT2D eigenvalue weighted by atomic mass is 9.94. The van der Waals surface area contributed by atoms with Gasteiger partial charge in [0.2, 0.25) is 5.90 Å². The van der Waals surface area contributed by atoms with Gasteiger partial charge in [-0.3, -0.25) is 0 Å². The number of carbonyl (C=O) groups is 1. The number of para-hydroxylation sites is 1. The molecule has 0 bridgehead atoms. The van der Waals surface area contributed by atoms with E-state index in [1.54, 1.807) is 12.1 Å². The second-order valence-electron chi connectivity index (χ2n) is 6.46. The number of aliphatic imine (C=N–C) groups is 1. The number of hydrogen-bond acceptors (Lipinski definition) is 4. The molecular formula is C21H20ClNO3. The maximum atomic E-state index is 12.5. The van der Waals surface area contributed by atoms with Gasteiger partial charge < -0.3 is 9.15 Å². The van der Waals surface area contributed by atoms with Crippen molar-refractivity contribution in [2.24, 2.45) is 4.99 Å². The Hall–Kier alpha value is -2.59. The Kier molecular flexibility index (Phi) is 4.88. The van der Waals surface area contributed by atoms with Gasteiger partial charge in [-0.15, -0.1) is 0 Å². The van der Waals surface area contributed by atoms with Crippen LogP contribution in [0.4, 0.5) is 5.69 Å². The van der Waals surface area contributed by atoms with Crippen molar-refractivity contribution in [3.05, 3.63) is 69.2 Å². The van der Waals surface area contributed by atoms with Crippen LogP contribution in [0, 0.1) is 13.8 Å². The van der Waals surface area contributed by atoms with Crippen LogP contribution in [0.1, 0.15) is 37.9 Å². The predicted molar refractivity (Wildman–Crippen MR) is 104 cm³/mol. The van der Waals surface area contributed by atoms with Gasteiger partial charge in [-0.1, -0.05) is 29.3 Å². The molecule has 1 aromatic heterocycles. The van der Waals surface area contributed by atoms with Crippen LogP contribution in [0.2, 0.25) is 5.02 Å². The van der Waals surface area contributed by atoms with E-state index < -0.39 is 5.97 Å². The second kappa shape index (κ2) is 6.96. The van der Waals surface area contributed by atoms with Crippen molar-refractivity contribution in [1.82, 2.24) is 0 Å². The van der Waals surface area contributed by atoms with E-state index in [0.29, 0.717) is 21.9 Å². The number of nitrogens with zero attached hydrogens (tertiary/aromatic N) is 1. The molecule has 0 radical (unpaired) electrons. The van der Waals surface area contributed by atoms with Crippen LogP contribution in [-0.2, 0) is 9.53 Å². The molecule has 0 saturated carbocycles. The summed E-state index contributed by atoms with van der Waals surface area (Å²) < 4.78 is 11.2. The first kappa shape index (κ1) is 18.2. The zero-order valence-corrected chi connectivity index (χ0v) is 16.2. The van der Waals surface area contributed by atoms with Crippen molar-refractivity contribution in [3.63, 3.8) is 0 Å². The monoisotopic (exact) mass is 369 g/mol. The molecule has 5 heteroatoms. The first-order valence-corrected chi connectivity index (χ1v) is 8.69. The molecule has 2 aromatic rings. The first-order valence-electron chi connectivity index (χ1n) is 8.31. The third-order valence-electron chi connectivity index (χ3n) is 4.25. The van der Waals surface area contributed by atoms with E-state index in [2.05, 4.69) is 4.99 Å². The number of esters is 1. The molecule has 0 amide bonds. The zero-order valence-electron chi connectivity index (χ0n) is 15.4. The molecule has 4 nitrogen and oxygen atoms in total. The van der Waals surface area contributed by atoms with Gasteiger partial charge in [-0.25, -0.2) is 9.79 Å². The van der Waals surface area contributed by atoms with Crippen molar-refractivity contribution < 1.29 is 13.9 Å². The molecule has 1 saturated heterocycles. The second-order valence-corrected chi connectivity index (χ2v) is 6.87. The molecule has 2 heterocycles. The Morgan fingerprint density at radius 3 is 2.35 bits per heavy atom. The van der Waals surface area contributed by atoms with Crippen LogP contribution >= 0.6 is 11.6 Å². The summed E-state index contributed by atoms with van der Waals surface area (Å²) in [6.07, 6.45) is 0. The van der Waals surface area contributed by atoms with Gasteiger partial charge in [0.15, 0.2) is 0 Å². The molecule has 1 aliphatic rings. The van der Waals surface area contributed by atoms with E-state index in [1.807, 2.05) is 52.8 Å². The Morgan fingerprint density at radius 1 is 1.08 bits per heavy atom. The van der Waals surface area contributed by atoms with Crippen LogP contribution in [0.3, 0.4) is 0 Å². The number of allylic oxidation sites excluding steroid dienone is 2. The number of furan rings is 1. The Bertz CT molecular complexity index is 988. The summed E-state index contributed by atoms with van der Waals surface area (Å²) in [5.74, 6) is 1.46. The molecule has 0 aliphatic carbocycles. The highest BCUT2D eigenvalue weighted by Gasteiger charge is 2.35. The lowest BCUT2D eigenvalue weighted by Crippen LogP contribution is -2.01. The number of hydrogen-bond donors (Lipinski definition) is 0. The van der Waals surface area contributed by atoms with E-state index in [9.17, 15) is 4.79 Å². The van der Waals surface area contributed by atoms with E-state index >= 15 is 0 Å². The van der Waals surface area contributed by atoms with E-state index in [1.165, 1.54) is 0 Å². The van der Waals surface area contributed by atoms with Gasteiger partial charge in [0.05, 0.1) is 21.9 Å². The van der Waals surface area contributed by atoms with Crippen molar-refractivity contribution >= 4 is 34.7 Å². The molecule has 3 rings (SSSR count). The normalized spacial score (nSPS) is 17.7. The molecule has 26 heavy (non-hydrogen) atoms. The van der Waals surface area contributed by atoms with Crippen molar-refractivity contribution in [2.45, 2.75) is 34.6 Å². The van der Waals surface area contributed by atoms with Crippen LogP contribution in [0.5, 0.6) is 0 Å². The quantitative estimate of drug-likeness (QED) is 0.485. The number of rotatable bonds is 2. The van der Waals surface area contributed by atoms with Crippen LogP contribution in [-0.4, -0.2) is 11.9 Å². The molecule has 1 aliphatic heterocycles. The van der Waals surface area contributed by atoms with Gasteiger partial charge >= 0.3 is 5.97 Å².